The van der Waals surface area contributed by atoms with E-state index < -0.39 is 0 Å². The number of hydrogen-bond donors (Lipinski definition) is 0. The maximum Gasteiger partial charge on any atom is 0.294 e. The number of fused-ring (bicyclic) bond motifs is 1. The minimum absolute atomic E-state index is 0.0774. The number of para-hydroxylation sites is 3. The normalized spacial score (nSPS) is 17.7. The molecule has 1 amide bonds. The molecule has 5 nitrogen and oxygen atoms in total. The molecule has 2 aliphatic rings. The lowest BCUT2D eigenvalue weighted by atomic mass is 10.1. The molecule has 5 heteroatoms. The molecular formula is C28H29N3O2. The summed E-state index contributed by atoms with van der Waals surface area (Å²) >= 11 is 0. The van der Waals surface area contributed by atoms with Crippen LogP contribution >= 0.6 is 0 Å². The van der Waals surface area contributed by atoms with E-state index >= 15 is 0 Å². The molecule has 0 aliphatic carbocycles. The molecule has 168 valence electrons. The van der Waals surface area contributed by atoms with Crippen molar-refractivity contribution in [1.29, 1.82) is 0 Å². The van der Waals surface area contributed by atoms with Crippen LogP contribution in [0.15, 0.2) is 90.7 Å². The number of hydrogen-bond acceptors (Lipinski definition) is 4. The Morgan fingerprint density at radius 3 is 2.18 bits per heavy atom. The standard InChI is InChI=1S/C28H29N3O2/c32-28-27(22-23-10-3-1-4-11-23)33-26-15-8-7-14-25(26)31(28)17-9-16-29-18-20-30(21-19-29)24-12-5-2-6-13-24/h1-8,10-15,22H,9,16-21H2/b27-22-. The first kappa shape index (κ1) is 21.3. The molecule has 0 atom stereocenters. The zero-order valence-corrected chi connectivity index (χ0v) is 18.8. The number of anilines is 2. The van der Waals surface area contributed by atoms with Gasteiger partial charge in [0.1, 0.15) is 0 Å². The van der Waals surface area contributed by atoms with Crippen molar-refractivity contribution >= 4 is 23.4 Å². The van der Waals surface area contributed by atoms with Gasteiger partial charge >= 0.3 is 0 Å². The van der Waals surface area contributed by atoms with Crippen molar-refractivity contribution in [3.8, 4) is 5.75 Å². The summed E-state index contributed by atoms with van der Waals surface area (Å²) in [7, 11) is 0. The van der Waals surface area contributed by atoms with E-state index in [1.54, 1.807) is 0 Å². The molecule has 0 N–H and O–H groups in total. The second-order valence-corrected chi connectivity index (χ2v) is 8.46. The topological polar surface area (TPSA) is 36.0 Å². The highest BCUT2D eigenvalue weighted by molar-refractivity contribution is 6.09. The van der Waals surface area contributed by atoms with E-state index in [-0.39, 0.29) is 5.91 Å². The van der Waals surface area contributed by atoms with E-state index in [0.717, 1.165) is 56.1 Å². The van der Waals surface area contributed by atoms with E-state index in [0.29, 0.717) is 12.3 Å². The van der Waals surface area contributed by atoms with Crippen LogP contribution in [-0.2, 0) is 4.79 Å². The van der Waals surface area contributed by atoms with Crippen molar-refractivity contribution in [2.45, 2.75) is 6.42 Å². The number of carbonyl (C=O) groups is 1. The molecule has 1 saturated heterocycles. The molecule has 2 heterocycles. The van der Waals surface area contributed by atoms with Gasteiger partial charge in [-0.3, -0.25) is 9.69 Å². The molecule has 33 heavy (non-hydrogen) atoms. The van der Waals surface area contributed by atoms with Crippen LogP contribution in [0.3, 0.4) is 0 Å². The first-order chi connectivity index (χ1) is 16.3. The average molecular weight is 440 g/mol. The number of nitrogens with zero attached hydrogens (tertiary/aromatic N) is 3. The Bertz CT molecular complexity index is 1110. The molecule has 0 aromatic heterocycles. The summed E-state index contributed by atoms with van der Waals surface area (Å²) in [6.07, 6.45) is 2.75. The predicted molar refractivity (Wildman–Crippen MR) is 134 cm³/mol. The Morgan fingerprint density at radius 1 is 0.758 bits per heavy atom. The predicted octanol–water partition coefficient (Wildman–Crippen LogP) is 4.67. The fourth-order valence-corrected chi connectivity index (χ4v) is 4.51. The first-order valence-corrected chi connectivity index (χ1v) is 11.7. The van der Waals surface area contributed by atoms with Crippen molar-refractivity contribution in [3.05, 3.63) is 96.3 Å². The van der Waals surface area contributed by atoms with Crippen LogP contribution < -0.4 is 14.5 Å². The molecule has 2 aliphatic heterocycles. The Labute approximate surface area is 195 Å². The third-order valence-electron chi connectivity index (χ3n) is 6.28. The number of amides is 1. The van der Waals surface area contributed by atoms with Crippen LogP contribution in [0.1, 0.15) is 12.0 Å². The molecule has 0 saturated carbocycles. The van der Waals surface area contributed by atoms with Gasteiger partial charge in [0, 0.05) is 38.4 Å². The van der Waals surface area contributed by atoms with Crippen LogP contribution in [0.2, 0.25) is 0 Å². The van der Waals surface area contributed by atoms with Crippen molar-refractivity contribution in [2.24, 2.45) is 0 Å². The lowest BCUT2D eigenvalue weighted by molar-refractivity contribution is -0.117. The zero-order chi connectivity index (χ0) is 22.5. The fourth-order valence-electron chi connectivity index (χ4n) is 4.51. The van der Waals surface area contributed by atoms with Crippen LogP contribution in [0, 0.1) is 0 Å². The SMILES string of the molecule is O=C1/C(=C/c2ccccc2)Oc2ccccc2N1CCCN1CCN(c2ccccc2)CC1. The zero-order valence-electron chi connectivity index (χ0n) is 18.8. The van der Waals surface area contributed by atoms with E-state index in [9.17, 15) is 4.79 Å². The quantitative estimate of drug-likeness (QED) is 0.523. The lowest BCUT2D eigenvalue weighted by Crippen LogP contribution is -2.47. The molecular weight excluding hydrogens is 410 g/mol. The fraction of sp³-hybridized carbons (Fsp3) is 0.250. The van der Waals surface area contributed by atoms with Crippen LogP contribution in [0.5, 0.6) is 5.75 Å². The first-order valence-electron chi connectivity index (χ1n) is 11.7. The number of ether oxygens (including phenoxy) is 1. The second-order valence-electron chi connectivity index (χ2n) is 8.46. The van der Waals surface area contributed by atoms with Gasteiger partial charge in [0.25, 0.3) is 5.91 Å². The maximum absolute atomic E-state index is 13.3. The monoisotopic (exact) mass is 439 g/mol. The number of carbonyl (C=O) groups excluding carboxylic acids is 1. The summed E-state index contributed by atoms with van der Waals surface area (Å²) in [4.78, 5) is 20.1. The largest absolute Gasteiger partial charge is 0.449 e. The minimum Gasteiger partial charge on any atom is -0.449 e. The van der Waals surface area contributed by atoms with Gasteiger partial charge in [-0.15, -0.1) is 0 Å². The highest BCUT2D eigenvalue weighted by Crippen LogP contribution is 2.35. The van der Waals surface area contributed by atoms with Gasteiger partial charge in [-0.25, -0.2) is 0 Å². The Morgan fingerprint density at radius 2 is 1.42 bits per heavy atom. The van der Waals surface area contributed by atoms with Gasteiger partial charge < -0.3 is 14.5 Å². The average Bonchev–Trinajstić information content (AvgIpc) is 2.88. The highest BCUT2D eigenvalue weighted by Gasteiger charge is 2.30. The molecule has 5 rings (SSSR count). The third kappa shape index (κ3) is 4.94. The van der Waals surface area contributed by atoms with Gasteiger partial charge in [-0.05, 0) is 48.9 Å². The van der Waals surface area contributed by atoms with Gasteiger partial charge in [0.15, 0.2) is 11.5 Å². The van der Waals surface area contributed by atoms with Crippen molar-refractivity contribution in [3.63, 3.8) is 0 Å². The second kappa shape index (κ2) is 9.92. The molecule has 3 aromatic carbocycles. The Balaban J connectivity index is 1.21. The molecule has 3 aromatic rings. The summed E-state index contributed by atoms with van der Waals surface area (Å²) in [6, 6.07) is 28.2. The number of piperazine rings is 1. The minimum atomic E-state index is -0.0774. The smallest absolute Gasteiger partial charge is 0.294 e. The molecule has 0 radical (unpaired) electrons. The van der Waals surface area contributed by atoms with Crippen molar-refractivity contribution in [2.75, 3.05) is 49.1 Å². The Hall–Kier alpha value is -3.57. The number of rotatable bonds is 6. The molecule has 0 unspecified atom stereocenters. The van der Waals surface area contributed by atoms with E-state index in [1.165, 1.54) is 5.69 Å². The van der Waals surface area contributed by atoms with Gasteiger partial charge in [-0.2, -0.15) is 0 Å². The number of benzene rings is 3. The summed E-state index contributed by atoms with van der Waals surface area (Å²) in [5.74, 6) is 1.03. The summed E-state index contributed by atoms with van der Waals surface area (Å²) in [5.41, 5.74) is 3.10. The lowest BCUT2D eigenvalue weighted by Gasteiger charge is -2.36. The highest BCUT2D eigenvalue weighted by atomic mass is 16.5. The van der Waals surface area contributed by atoms with Crippen LogP contribution in [0.25, 0.3) is 6.08 Å². The van der Waals surface area contributed by atoms with Gasteiger partial charge in [0.2, 0.25) is 0 Å². The molecule has 0 bridgehead atoms. The van der Waals surface area contributed by atoms with E-state index in [2.05, 4.69) is 40.1 Å². The summed E-state index contributed by atoms with van der Waals surface area (Å²) in [6.45, 7) is 5.81. The molecule has 0 spiro atoms. The van der Waals surface area contributed by atoms with Crippen molar-refractivity contribution in [1.82, 2.24) is 4.90 Å². The van der Waals surface area contributed by atoms with E-state index in [4.69, 9.17) is 4.74 Å². The maximum atomic E-state index is 13.3. The van der Waals surface area contributed by atoms with Crippen molar-refractivity contribution < 1.29 is 9.53 Å². The molecule has 1 fully saturated rings. The van der Waals surface area contributed by atoms with Crippen LogP contribution in [-0.4, -0.2) is 50.1 Å². The van der Waals surface area contributed by atoms with Gasteiger partial charge in [-0.1, -0.05) is 60.7 Å². The Kier molecular flexibility index (Phi) is 6.40. The summed E-state index contributed by atoms with van der Waals surface area (Å²) in [5, 5.41) is 0. The summed E-state index contributed by atoms with van der Waals surface area (Å²) < 4.78 is 5.98. The van der Waals surface area contributed by atoms with E-state index in [1.807, 2.05) is 65.6 Å². The third-order valence-corrected chi connectivity index (χ3v) is 6.28. The van der Waals surface area contributed by atoms with Crippen LogP contribution in [0.4, 0.5) is 11.4 Å². The van der Waals surface area contributed by atoms with Gasteiger partial charge in [0.05, 0.1) is 5.69 Å².